The van der Waals surface area contributed by atoms with Crippen LogP contribution in [0.25, 0.3) is 0 Å². The number of benzene rings is 1. The number of hydrogen-bond donors (Lipinski definition) is 1. The minimum Gasteiger partial charge on any atom is -0.478 e. The highest BCUT2D eigenvalue weighted by molar-refractivity contribution is 9.10. The number of imide groups is 1. The molecular weight excluding hydrogens is 316 g/mol. The summed E-state index contributed by atoms with van der Waals surface area (Å²) in [5.74, 6) is -1.29. The zero-order chi connectivity index (χ0) is 14.2. The van der Waals surface area contributed by atoms with Gasteiger partial charge in [0, 0.05) is 11.5 Å². The fraction of sp³-hybridized carbons (Fsp3) is 0.250. The highest BCUT2D eigenvalue weighted by atomic mass is 79.9. The van der Waals surface area contributed by atoms with Gasteiger partial charge in [0.2, 0.25) is 0 Å². The molecule has 7 heteroatoms. The van der Waals surface area contributed by atoms with Gasteiger partial charge in [-0.1, -0.05) is 22.0 Å². The lowest BCUT2D eigenvalue weighted by molar-refractivity contribution is -0.125. The van der Waals surface area contributed by atoms with Gasteiger partial charge in [-0.25, -0.2) is 9.59 Å². The fourth-order valence-corrected chi connectivity index (χ4v) is 2.31. The van der Waals surface area contributed by atoms with E-state index < -0.39 is 5.97 Å². The molecule has 1 N–H and O–H groups in total. The van der Waals surface area contributed by atoms with E-state index in [4.69, 9.17) is 5.11 Å². The van der Waals surface area contributed by atoms with Gasteiger partial charge < -0.3 is 10.0 Å². The quantitative estimate of drug-likeness (QED) is 0.855. The Morgan fingerprint density at radius 2 is 2.11 bits per heavy atom. The molecule has 19 heavy (non-hydrogen) atoms. The fourth-order valence-electron chi connectivity index (χ4n) is 1.80. The van der Waals surface area contributed by atoms with E-state index in [-0.39, 0.29) is 30.6 Å². The van der Waals surface area contributed by atoms with Gasteiger partial charge in [-0.05, 0) is 17.7 Å². The number of carbonyl (C=O) groups excluding carboxylic acids is 2. The third-order valence-electron chi connectivity index (χ3n) is 2.86. The maximum Gasteiger partial charge on any atom is 0.335 e. The normalized spacial score (nSPS) is 15.3. The van der Waals surface area contributed by atoms with E-state index in [1.807, 2.05) is 0 Å². The second-order valence-corrected chi connectivity index (χ2v) is 5.08. The van der Waals surface area contributed by atoms with Gasteiger partial charge >= 0.3 is 12.0 Å². The number of rotatable bonds is 3. The van der Waals surface area contributed by atoms with Gasteiger partial charge in [0.25, 0.3) is 5.91 Å². The van der Waals surface area contributed by atoms with Crippen molar-refractivity contribution in [2.45, 2.75) is 6.54 Å². The Morgan fingerprint density at radius 3 is 2.58 bits per heavy atom. The Bertz CT molecular complexity index is 573. The first-order valence-corrected chi connectivity index (χ1v) is 6.26. The van der Waals surface area contributed by atoms with Crippen LogP contribution in [0, 0.1) is 0 Å². The van der Waals surface area contributed by atoms with Gasteiger partial charge in [0.1, 0.15) is 6.54 Å². The first-order valence-electron chi connectivity index (χ1n) is 5.47. The Balaban J connectivity index is 2.22. The second-order valence-electron chi connectivity index (χ2n) is 4.23. The number of aromatic carboxylic acids is 1. The van der Waals surface area contributed by atoms with E-state index in [9.17, 15) is 14.4 Å². The van der Waals surface area contributed by atoms with E-state index in [0.717, 1.165) is 4.90 Å². The van der Waals surface area contributed by atoms with Crippen molar-refractivity contribution in [1.29, 1.82) is 0 Å². The number of hydrogen-bond acceptors (Lipinski definition) is 3. The van der Waals surface area contributed by atoms with Crippen molar-refractivity contribution in [2.24, 2.45) is 0 Å². The van der Waals surface area contributed by atoms with E-state index in [1.54, 1.807) is 13.1 Å². The molecule has 0 radical (unpaired) electrons. The molecule has 6 nitrogen and oxygen atoms in total. The molecule has 0 atom stereocenters. The predicted octanol–water partition coefficient (Wildman–Crippen LogP) is 1.54. The summed E-state index contributed by atoms with van der Waals surface area (Å²) >= 11 is 3.25. The molecule has 0 unspecified atom stereocenters. The average molecular weight is 327 g/mol. The SMILES string of the molecule is CN1CC(=O)N(Cc2ccc(C(=O)O)cc2Br)C1=O. The molecule has 0 saturated carbocycles. The lowest BCUT2D eigenvalue weighted by Gasteiger charge is -2.15. The number of carboxylic acids is 1. The maximum atomic E-state index is 11.7. The van der Waals surface area contributed by atoms with Crippen molar-refractivity contribution in [3.8, 4) is 0 Å². The van der Waals surface area contributed by atoms with Crippen LogP contribution in [0.3, 0.4) is 0 Å². The topological polar surface area (TPSA) is 77.9 Å². The van der Waals surface area contributed by atoms with Crippen LogP contribution in [0.15, 0.2) is 22.7 Å². The maximum absolute atomic E-state index is 11.7. The largest absolute Gasteiger partial charge is 0.478 e. The van der Waals surface area contributed by atoms with E-state index in [2.05, 4.69) is 15.9 Å². The first-order chi connectivity index (χ1) is 8.90. The summed E-state index contributed by atoms with van der Waals surface area (Å²) in [6, 6.07) is 4.13. The standard InChI is InChI=1S/C12H11BrN2O4/c1-14-6-10(16)15(12(14)19)5-8-3-2-7(11(17)18)4-9(8)13/h2-4H,5-6H2,1H3,(H,17,18). The van der Waals surface area contributed by atoms with Crippen LogP contribution in [0.1, 0.15) is 15.9 Å². The molecule has 2 rings (SSSR count). The molecule has 1 heterocycles. The summed E-state index contributed by atoms with van der Waals surface area (Å²) < 4.78 is 0.558. The molecule has 1 aliphatic rings. The number of likely N-dealkylation sites (N-methyl/N-ethyl adjacent to an activating group) is 1. The molecule has 1 fully saturated rings. The third-order valence-corrected chi connectivity index (χ3v) is 3.60. The summed E-state index contributed by atoms with van der Waals surface area (Å²) in [4.78, 5) is 36.7. The number of carbonyl (C=O) groups is 3. The van der Waals surface area contributed by atoms with Crippen LogP contribution >= 0.6 is 15.9 Å². The minimum atomic E-state index is -1.03. The molecule has 100 valence electrons. The van der Waals surface area contributed by atoms with Gasteiger partial charge in [-0.2, -0.15) is 0 Å². The molecule has 1 aromatic rings. The van der Waals surface area contributed by atoms with Crippen LogP contribution in [-0.2, 0) is 11.3 Å². The van der Waals surface area contributed by atoms with E-state index in [0.29, 0.717) is 10.0 Å². The number of carboxylic acid groups (broad SMARTS) is 1. The first kappa shape index (κ1) is 13.5. The Kier molecular flexibility index (Phi) is 3.57. The summed E-state index contributed by atoms with van der Waals surface area (Å²) in [5.41, 5.74) is 0.828. The number of nitrogens with zero attached hydrogens (tertiary/aromatic N) is 2. The van der Waals surface area contributed by atoms with Crippen LogP contribution in [0.2, 0.25) is 0 Å². The summed E-state index contributed by atoms with van der Waals surface area (Å²) in [5, 5.41) is 8.86. The lowest BCUT2D eigenvalue weighted by atomic mass is 10.1. The summed E-state index contributed by atoms with van der Waals surface area (Å²) in [6.45, 7) is 0.201. The van der Waals surface area contributed by atoms with Crippen LogP contribution in [0.4, 0.5) is 4.79 Å². The molecule has 0 bridgehead atoms. The Hall–Kier alpha value is -1.89. The molecule has 3 amide bonds. The highest BCUT2D eigenvalue weighted by Gasteiger charge is 2.33. The van der Waals surface area contributed by atoms with Crippen molar-refractivity contribution >= 4 is 33.8 Å². The van der Waals surface area contributed by atoms with Gasteiger partial charge in [-0.15, -0.1) is 0 Å². The smallest absolute Gasteiger partial charge is 0.335 e. The monoisotopic (exact) mass is 326 g/mol. The van der Waals surface area contributed by atoms with Gasteiger partial charge in [-0.3, -0.25) is 9.69 Å². The molecule has 1 aromatic carbocycles. The zero-order valence-electron chi connectivity index (χ0n) is 10.1. The lowest BCUT2D eigenvalue weighted by Crippen LogP contribution is -2.31. The van der Waals surface area contributed by atoms with Gasteiger partial charge in [0.05, 0.1) is 12.1 Å². The van der Waals surface area contributed by atoms with Gasteiger partial charge in [0.15, 0.2) is 0 Å². The van der Waals surface area contributed by atoms with Crippen LogP contribution < -0.4 is 0 Å². The van der Waals surface area contributed by atoms with E-state index >= 15 is 0 Å². The number of urea groups is 1. The van der Waals surface area contributed by atoms with E-state index in [1.165, 1.54) is 17.0 Å². The third kappa shape index (κ3) is 2.60. The summed E-state index contributed by atoms with van der Waals surface area (Å²) in [6.07, 6.45) is 0. The number of amides is 3. The van der Waals surface area contributed by atoms with Crippen LogP contribution in [-0.4, -0.2) is 46.4 Å². The molecule has 0 spiro atoms. The summed E-state index contributed by atoms with van der Waals surface area (Å²) in [7, 11) is 1.56. The molecular formula is C12H11BrN2O4. The number of halogens is 1. The van der Waals surface area contributed by atoms with Crippen molar-refractivity contribution in [1.82, 2.24) is 9.80 Å². The minimum absolute atomic E-state index is 0.0731. The molecule has 0 aliphatic carbocycles. The zero-order valence-corrected chi connectivity index (χ0v) is 11.7. The van der Waals surface area contributed by atoms with Crippen LogP contribution in [0.5, 0.6) is 0 Å². The molecule has 0 aromatic heterocycles. The Labute approximate surface area is 117 Å². The Morgan fingerprint density at radius 1 is 1.42 bits per heavy atom. The van der Waals surface area contributed by atoms with Crippen molar-refractivity contribution in [3.05, 3.63) is 33.8 Å². The van der Waals surface area contributed by atoms with Crippen molar-refractivity contribution in [2.75, 3.05) is 13.6 Å². The molecule has 1 aliphatic heterocycles. The molecule has 1 saturated heterocycles. The second kappa shape index (κ2) is 5.00. The average Bonchev–Trinajstić information content (AvgIpc) is 2.58. The highest BCUT2D eigenvalue weighted by Crippen LogP contribution is 2.22. The predicted molar refractivity (Wildman–Crippen MR) is 69.7 cm³/mol. The van der Waals surface area contributed by atoms with Crippen molar-refractivity contribution < 1.29 is 19.5 Å². The van der Waals surface area contributed by atoms with Crippen molar-refractivity contribution in [3.63, 3.8) is 0 Å².